The fraction of sp³-hybridized carbons (Fsp3) is 0.214. The maximum Gasteiger partial charge on any atom is 0.441 e. The lowest BCUT2D eigenvalue weighted by Crippen LogP contribution is -1.92. The Bertz CT molecular complexity index is 696. The van der Waals surface area contributed by atoms with Gasteiger partial charge in [0.15, 0.2) is 4.98 Å². The van der Waals surface area contributed by atoms with Crippen LogP contribution in [0.15, 0.2) is 24.3 Å². The van der Waals surface area contributed by atoms with E-state index in [9.17, 15) is 0 Å². The Balaban J connectivity index is 2.34. The molecule has 5 nitrogen and oxygen atoms in total. The fourth-order valence-electron chi connectivity index (χ4n) is 1.61. The first-order valence-corrected chi connectivity index (χ1v) is 5.70. The van der Waals surface area contributed by atoms with Crippen molar-refractivity contribution < 1.29 is 4.74 Å². The van der Waals surface area contributed by atoms with Crippen LogP contribution in [-0.2, 0) is 7.05 Å². The first kappa shape index (κ1) is 12.7. The van der Waals surface area contributed by atoms with Gasteiger partial charge in [-0.2, -0.15) is 5.10 Å². The van der Waals surface area contributed by atoms with Crippen LogP contribution in [0.4, 0.5) is 5.69 Å². The van der Waals surface area contributed by atoms with E-state index in [0.717, 1.165) is 17.0 Å². The molecule has 0 aliphatic carbocycles. The molecule has 1 heterocycles. The molecule has 0 radical (unpaired) electrons. The lowest BCUT2D eigenvalue weighted by Gasteiger charge is -1.97. The Hall–Kier alpha value is -2.79. The van der Waals surface area contributed by atoms with Crippen LogP contribution in [-0.4, -0.2) is 16.9 Å². The van der Waals surface area contributed by atoms with Gasteiger partial charge in [-0.15, -0.1) is 0 Å². The third-order valence-corrected chi connectivity index (χ3v) is 2.82. The average Bonchev–Trinajstić information content (AvgIpc) is 2.72. The molecular formula is C14H13N4O+. The summed E-state index contributed by atoms with van der Waals surface area (Å²) in [5, 5.41) is 13.2. The molecule has 0 bridgehead atoms. The molecule has 94 valence electrons. The number of aryl methyl sites for hydroxylation is 1. The number of aromatic nitrogens is 2. The Morgan fingerprint density at radius 3 is 2.53 bits per heavy atom. The van der Waals surface area contributed by atoms with E-state index >= 15 is 0 Å². The van der Waals surface area contributed by atoms with Crippen molar-refractivity contribution in [3.63, 3.8) is 0 Å². The average molecular weight is 253 g/mol. The van der Waals surface area contributed by atoms with E-state index in [2.05, 4.69) is 21.9 Å². The summed E-state index contributed by atoms with van der Waals surface area (Å²) < 4.78 is 6.71. The molecule has 0 N–H and O–H groups in total. The summed E-state index contributed by atoms with van der Waals surface area (Å²) in [6, 6.07) is 7.39. The number of methoxy groups -OCH3 is 1. The number of ether oxygens (including phenoxy) is 1. The molecule has 1 aromatic heterocycles. The second-order valence-corrected chi connectivity index (χ2v) is 3.98. The monoisotopic (exact) mass is 253 g/mol. The van der Waals surface area contributed by atoms with Gasteiger partial charge in [0.25, 0.3) is 0 Å². The summed E-state index contributed by atoms with van der Waals surface area (Å²) in [4.78, 5) is 3.22. The summed E-state index contributed by atoms with van der Waals surface area (Å²) in [5.74, 6) is 6.66. The van der Waals surface area contributed by atoms with Gasteiger partial charge in [0.2, 0.25) is 11.1 Å². The Morgan fingerprint density at radius 1 is 1.26 bits per heavy atom. The van der Waals surface area contributed by atoms with Crippen LogP contribution in [0.3, 0.4) is 0 Å². The van der Waals surface area contributed by atoms with Gasteiger partial charge in [0.1, 0.15) is 11.4 Å². The summed E-state index contributed by atoms with van der Waals surface area (Å²) in [5.41, 5.74) is 2.47. The first-order valence-electron chi connectivity index (χ1n) is 5.70. The Labute approximate surface area is 111 Å². The molecular weight excluding hydrogens is 240 g/mol. The third-order valence-electron chi connectivity index (χ3n) is 2.82. The number of hydrogen-bond acceptors (Lipinski definition) is 3. The summed E-state index contributed by atoms with van der Waals surface area (Å²) in [6.07, 6.45) is 0. The van der Waals surface area contributed by atoms with Crippen molar-refractivity contribution in [1.82, 2.24) is 9.78 Å². The highest BCUT2D eigenvalue weighted by Gasteiger charge is 2.22. The van der Waals surface area contributed by atoms with Crippen LogP contribution in [0.2, 0.25) is 0 Å². The van der Waals surface area contributed by atoms with Gasteiger partial charge in [-0.25, -0.2) is 0 Å². The van der Waals surface area contributed by atoms with Gasteiger partial charge < -0.3 is 4.74 Å². The number of hydrogen-bond donors (Lipinski definition) is 0. The second-order valence-electron chi connectivity index (χ2n) is 3.98. The van der Waals surface area contributed by atoms with Crippen LogP contribution in [0, 0.1) is 24.2 Å². The van der Waals surface area contributed by atoms with Gasteiger partial charge in [-0.05, 0) is 37.1 Å². The smallest absolute Gasteiger partial charge is 0.441 e. The van der Waals surface area contributed by atoms with E-state index in [0.29, 0.717) is 11.4 Å². The van der Waals surface area contributed by atoms with Crippen molar-refractivity contribution in [2.24, 2.45) is 7.05 Å². The predicted octanol–water partition coefficient (Wildman–Crippen LogP) is 2.62. The van der Waals surface area contributed by atoms with Crippen LogP contribution in [0.25, 0.3) is 4.98 Å². The Kier molecular flexibility index (Phi) is 3.49. The fourth-order valence-corrected chi connectivity index (χ4v) is 1.61. The van der Waals surface area contributed by atoms with Gasteiger partial charge in [-0.3, -0.25) is 4.68 Å². The maximum atomic E-state index is 8.97. The normalized spacial score (nSPS) is 9.37. The van der Waals surface area contributed by atoms with Gasteiger partial charge in [-0.1, -0.05) is 5.92 Å². The highest BCUT2D eigenvalue weighted by Crippen LogP contribution is 2.21. The highest BCUT2D eigenvalue weighted by molar-refractivity contribution is 5.60. The lowest BCUT2D eigenvalue weighted by molar-refractivity contribution is 0.415. The first-order chi connectivity index (χ1) is 9.15. The van der Waals surface area contributed by atoms with Crippen molar-refractivity contribution in [2.75, 3.05) is 7.11 Å². The molecule has 0 saturated carbocycles. The van der Waals surface area contributed by atoms with Crippen molar-refractivity contribution in [3.8, 4) is 17.6 Å². The molecule has 1 aromatic carbocycles. The van der Waals surface area contributed by atoms with Gasteiger partial charge in [0, 0.05) is 12.6 Å². The van der Waals surface area contributed by atoms with Crippen molar-refractivity contribution in [1.29, 1.82) is 5.39 Å². The third kappa shape index (κ3) is 2.56. The minimum Gasteiger partial charge on any atom is -0.497 e. The molecule has 5 heteroatoms. The van der Waals surface area contributed by atoms with E-state index in [4.69, 9.17) is 10.1 Å². The molecule has 0 fully saturated rings. The maximum absolute atomic E-state index is 8.97. The molecule has 0 aliphatic heterocycles. The largest absolute Gasteiger partial charge is 0.497 e. The van der Waals surface area contributed by atoms with Gasteiger partial charge in [0.05, 0.1) is 7.11 Å². The molecule has 0 aliphatic rings. The van der Waals surface area contributed by atoms with Crippen molar-refractivity contribution in [3.05, 3.63) is 46.2 Å². The van der Waals surface area contributed by atoms with Crippen LogP contribution < -0.4 is 4.74 Å². The zero-order valence-electron chi connectivity index (χ0n) is 11.0. The minimum atomic E-state index is 0.406. The Morgan fingerprint density at radius 2 is 1.95 bits per heavy atom. The molecule has 19 heavy (non-hydrogen) atoms. The molecule has 0 unspecified atom stereocenters. The lowest BCUT2D eigenvalue weighted by atomic mass is 10.2. The standard InChI is InChI=1S/C14H13N4O/c1-10-14(16-15)13(17-18(10)2)9-6-11-4-7-12(19-3)8-5-11/h4-5,7-8H,1-3H3/q+1. The highest BCUT2D eigenvalue weighted by atomic mass is 16.5. The zero-order chi connectivity index (χ0) is 13.8. The van der Waals surface area contributed by atoms with Crippen LogP contribution in [0.5, 0.6) is 5.75 Å². The minimum absolute atomic E-state index is 0.406. The number of nitrogens with zero attached hydrogens (tertiary/aromatic N) is 4. The summed E-state index contributed by atoms with van der Waals surface area (Å²) >= 11 is 0. The van der Waals surface area contributed by atoms with E-state index in [1.165, 1.54) is 0 Å². The second kappa shape index (κ2) is 5.24. The number of rotatable bonds is 1. The molecule has 2 aromatic rings. The van der Waals surface area contributed by atoms with E-state index < -0.39 is 0 Å². The summed E-state index contributed by atoms with van der Waals surface area (Å²) in [6.45, 7) is 1.82. The molecule has 0 spiro atoms. The molecule has 2 rings (SSSR count). The van der Waals surface area contributed by atoms with Crippen molar-refractivity contribution in [2.45, 2.75) is 6.92 Å². The van der Waals surface area contributed by atoms with Gasteiger partial charge >= 0.3 is 5.69 Å². The molecule has 0 saturated heterocycles. The molecule has 0 amide bonds. The van der Waals surface area contributed by atoms with Crippen molar-refractivity contribution >= 4 is 5.69 Å². The number of diazo groups is 1. The van der Waals surface area contributed by atoms with Crippen LogP contribution >= 0.6 is 0 Å². The van der Waals surface area contributed by atoms with E-state index in [1.54, 1.807) is 18.8 Å². The number of benzene rings is 1. The van der Waals surface area contributed by atoms with Crippen LogP contribution in [0.1, 0.15) is 17.0 Å². The topological polar surface area (TPSA) is 55.2 Å². The quantitative estimate of drug-likeness (QED) is 0.580. The SMILES string of the molecule is COc1ccc(C#Cc2nn(C)c(C)c2[N+]#N)cc1. The predicted molar refractivity (Wildman–Crippen MR) is 71.7 cm³/mol. The zero-order valence-corrected chi connectivity index (χ0v) is 11.0. The van der Waals surface area contributed by atoms with E-state index in [-0.39, 0.29) is 0 Å². The molecule has 0 atom stereocenters. The summed E-state index contributed by atoms with van der Waals surface area (Å²) in [7, 11) is 3.40. The van der Waals surface area contributed by atoms with E-state index in [1.807, 2.05) is 31.2 Å².